The van der Waals surface area contributed by atoms with Gasteiger partial charge in [0.25, 0.3) is 5.91 Å². The van der Waals surface area contributed by atoms with Crippen molar-refractivity contribution in [2.45, 2.75) is 6.42 Å². The molecule has 144 valence electrons. The number of rotatable bonds is 6. The number of ether oxygens (including phenoxy) is 1. The van der Waals surface area contributed by atoms with E-state index in [9.17, 15) is 13.2 Å². The van der Waals surface area contributed by atoms with Crippen LogP contribution in [0.5, 0.6) is 5.75 Å². The highest BCUT2D eigenvalue weighted by atomic mass is 35.5. The maximum absolute atomic E-state index is 12.5. The Morgan fingerprint density at radius 3 is 2.52 bits per heavy atom. The third kappa shape index (κ3) is 4.54. The molecule has 0 unspecified atom stereocenters. The molecule has 27 heavy (non-hydrogen) atoms. The number of nitrogens with zero attached hydrogens (tertiary/aromatic N) is 2. The Morgan fingerprint density at radius 1 is 1.19 bits per heavy atom. The molecule has 0 radical (unpaired) electrons. The highest BCUT2D eigenvalue weighted by Crippen LogP contribution is 2.25. The van der Waals surface area contributed by atoms with Crippen LogP contribution in [0, 0.1) is 0 Å². The Kier molecular flexibility index (Phi) is 5.92. The molecule has 2 aromatic carbocycles. The molecule has 0 spiro atoms. The molecule has 0 aliphatic carbocycles. The lowest BCUT2D eigenvalue weighted by Crippen LogP contribution is -2.31. The van der Waals surface area contributed by atoms with Crippen molar-refractivity contribution in [1.82, 2.24) is 4.90 Å². The summed E-state index contributed by atoms with van der Waals surface area (Å²) in [6, 6.07) is 13.8. The highest BCUT2D eigenvalue weighted by molar-refractivity contribution is 7.93. The van der Waals surface area contributed by atoms with Gasteiger partial charge < -0.3 is 9.64 Å². The molecule has 1 fully saturated rings. The summed E-state index contributed by atoms with van der Waals surface area (Å²) >= 11 is 6.03. The van der Waals surface area contributed by atoms with Gasteiger partial charge in [-0.05, 0) is 42.8 Å². The van der Waals surface area contributed by atoms with Gasteiger partial charge in [-0.2, -0.15) is 0 Å². The fraction of sp³-hybridized carbons (Fsp3) is 0.316. The van der Waals surface area contributed by atoms with Crippen LogP contribution in [-0.4, -0.2) is 51.7 Å². The smallest absolute Gasteiger partial charge is 0.253 e. The number of benzene rings is 2. The predicted molar refractivity (Wildman–Crippen MR) is 106 cm³/mol. The Morgan fingerprint density at radius 2 is 1.89 bits per heavy atom. The normalized spacial score (nSPS) is 15.6. The van der Waals surface area contributed by atoms with Crippen LogP contribution in [0.1, 0.15) is 16.8 Å². The van der Waals surface area contributed by atoms with E-state index in [0.717, 1.165) is 0 Å². The molecule has 0 atom stereocenters. The molecular weight excluding hydrogens is 388 g/mol. The molecule has 0 aromatic heterocycles. The zero-order chi connectivity index (χ0) is 19.4. The van der Waals surface area contributed by atoms with Gasteiger partial charge in [0.05, 0.1) is 23.0 Å². The fourth-order valence-corrected chi connectivity index (χ4v) is 4.63. The number of hydrogen-bond donors (Lipinski definition) is 0. The second-order valence-corrected chi connectivity index (χ2v) is 8.71. The van der Waals surface area contributed by atoms with Gasteiger partial charge in [-0.1, -0.05) is 23.7 Å². The molecule has 2 aromatic rings. The first-order valence-corrected chi connectivity index (χ1v) is 10.6. The van der Waals surface area contributed by atoms with Crippen LogP contribution in [0.4, 0.5) is 5.69 Å². The van der Waals surface area contributed by atoms with E-state index in [-0.39, 0.29) is 11.7 Å². The van der Waals surface area contributed by atoms with Crippen molar-refractivity contribution < 1.29 is 17.9 Å². The van der Waals surface area contributed by atoms with Crippen LogP contribution in [0.25, 0.3) is 0 Å². The summed E-state index contributed by atoms with van der Waals surface area (Å²) < 4.78 is 30.9. The minimum absolute atomic E-state index is 0.159. The molecule has 1 aliphatic heterocycles. The average Bonchev–Trinajstić information content (AvgIpc) is 3.02. The number of halogens is 1. The summed E-state index contributed by atoms with van der Waals surface area (Å²) in [7, 11) is -1.53. The molecule has 8 heteroatoms. The Bertz CT molecular complexity index is 916. The average molecular weight is 409 g/mol. The number of carbonyl (C=O) groups is 1. The predicted octanol–water partition coefficient (Wildman–Crippen LogP) is 3.03. The molecule has 1 heterocycles. The molecule has 0 N–H and O–H groups in total. The first kappa shape index (κ1) is 19.5. The standard InChI is InChI=1S/C19H21ClN2O4S/c1-21(12-13-26-18-6-3-2-5-17(18)20)19(23)15-7-9-16(10-8-15)22-11-4-14-27(22,24)25/h2-3,5-10H,4,11-14H2,1H3. The van der Waals surface area contributed by atoms with Crippen LogP contribution in [0.15, 0.2) is 48.5 Å². The third-order valence-corrected chi connectivity index (χ3v) is 6.55. The Hall–Kier alpha value is -2.25. The Labute approximate surface area is 164 Å². The van der Waals surface area contributed by atoms with E-state index in [2.05, 4.69) is 0 Å². The van der Waals surface area contributed by atoms with Gasteiger partial charge in [-0.25, -0.2) is 8.42 Å². The number of hydrogen-bond acceptors (Lipinski definition) is 4. The molecule has 0 bridgehead atoms. The van der Waals surface area contributed by atoms with Crippen molar-refractivity contribution in [3.05, 3.63) is 59.1 Å². The number of carbonyl (C=O) groups excluding carboxylic acids is 1. The van der Waals surface area contributed by atoms with Gasteiger partial charge in [0, 0.05) is 19.2 Å². The first-order chi connectivity index (χ1) is 12.9. The summed E-state index contributed by atoms with van der Waals surface area (Å²) in [6.07, 6.45) is 0.622. The molecule has 6 nitrogen and oxygen atoms in total. The topological polar surface area (TPSA) is 66.9 Å². The lowest BCUT2D eigenvalue weighted by atomic mass is 10.2. The highest BCUT2D eigenvalue weighted by Gasteiger charge is 2.28. The van der Waals surface area contributed by atoms with Gasteiger partial charge in [-0.3, -0.25) is 9.10 Å². The van der Waals surface area contributed by atoms with E-state index in [1.54, 1.807) is 48.3 Å². The quantitative estimate of drug-likeness (QED) is 0.736. The van der Waals surface area contributed by atoms with Crippen molar-refractivity contribution in [1.29, 1.82) is 0 Å². The van der Waals surface area contributed by atoms with Crippen molar-refractivity contribution in [3.8, 4) is 5.75 Å². The molecular formula is C19H21ClN2O4S. The number of para-hydroxylation sites is 1. The van der Waals surface area contributed by atoms with Gasteiger partial charge in [0.15, 0.2) is 0 Å². The second-order valence-electron chi connectivity index (χ2n) is 6.29. The van der Waals surface area contributed by atoms with E-state index in [4.69, 9.17) is 16.3 Å². The van der Waals surface area contributed by atoms with Gasteiger partial charge in [-0.15, -0.1) is 0 Å². The van der Waals surface area contributed by atoms with Gasteiger partial charge in [0.1, 0.15) is 12.4 Å². The number of likely N-dealkylation sites (N-methyl/N-ethyl adjacent to an activating group) is 1. The van der Waals surface area contributed by atoms with Crippen LogP contribution in [-0.2, 0) is 10.0 Å². The largest absolute Gasteiger partial charge is 0.490 e. The van der Waals surface area contributed by atoms with Crippen LogP contribution in [0.2, 0.25) is 5.02 Å². The van der Waals surface area contributed by atoms with Crippen LogP contribution in [0.3, 0.4) is 0 Å². The summed E-state index contributed by atoms with van der Waals surface area (Å²) in [4.78, 5) is 14.1. The fourth-order valence-electron chi connectivity index (χ4n) is 2.88. The molecule has 1 amide bonds. The van der Waals surface area contributed by atoms with Crippen molar-refractivity contribution in [3.63, 3.8) is 0 Å². The molecule has 1 saturated heterocycles. The number of anilines is 1. The molecule has 0 saturated carbocycles. The van der Waals surface area contributed by atoms with E-state index < -0.39 is 10.0 Å². The summed E-state index contributed by atoms with van der Waals surface area (Å²) in [5.41, 5.74) is 1.09. The van der Waals surface area contributed by atoms with Crippen molar-refractivity contribution >= 4 is 33.2 Å². The van der Waals surface area contributed by atoms with Crippen LogP contribution >= 0.6 is 11.6 Å². The minimum atomic E-state index is -3.22. The SMILES string of the molecule is CN(CCOc1ccccc1Cl)C(=O)c1ccc(N2CCCS2(=O)=O)cc1. The lowest BCUT2D eigenvalue weighted by molar-refractivity contribution is 0.0774. The van der Waals surface area contributed by atoms with E-state index in [1.165, 1.54) is 4.31 Å². The second kappa shape index (κ2) is 8.19. The monoisotopic (exact) mass is 408 g/mol. The van der Waals surface area contributed by atoms with Gasteiger partial charge >= 0.3 is 0 Å². The minimum Gasteiger partial charge on any atom is -0.490 e. The van der Waals surface area contributed by atoms with E-state index >= 15 is 0 Å². The zero-order valence-electron chi connectivity index (χ0n) is 15.0. The van der Waals surface area contributed by atoms with E-state index in [0.29, 0.717) is 48.1 Å². The first-order valence-electron chi connectivity index (χ1n) is 8.62. The number of sulfonamides is 1. The summed E-state index contributed by atoms with van der Waals surface area (Å²) in [6.45, 7) is 1.19. The van der Waals surface area contributed by atoms with Crippen molar-refractivity contribution in [2.24, 2.45) is 0 Å². The maximum Gasteiger partial charge on any atom is 0.253 e. The summed E-state index contributed by atoms with van der Waals surface area (Å²) in [5.74, 6) is 0.590. The third-order valence-electron chi connectivity index (χ3n) is 4.37. The molecule has 3 rings (SSSR count). The zero-order valence-corrected chi connectivity index (χ0v) is 16.5. The molecule has 1 aliphatic rings. The van der Waals surface area contributed by atoms with E-state index in [1.807, 2.05) is 12.1 Å². The van der Waals surface area contributed by atoms with Crippen LogP contribution < -0.4 is 9.04 Å². The number of amides is 1. The van der Waals surface area contributed by atoms with Gasteiger partial charge in [0.2, 0.25) is 10.0 Å². The lowest BCUT2D eigenvalue weighted by Gasteiger charge is -2.19. The summed E-state index contributed by atoms with van der Waals surface area (Å²) in [5, 5.41) is 0.527. The Balaban J connectivity index is 1.57. The maximum atomic E-state index is 12.5. The van der Waals surface area contributed by atoms with Crippen molar-refractivity contribution in [2.75, 3.05) is 36.8 Å².